The fourth-order valence-electron chi connectivity index (χ4n) is 1.65. The molecule has 0 amide bonds. The Morgan fingerprint density at radius 3 is 3.00 bits per heavy atom. The molecule has 1 fully saturated rings. The molecule has 1 aromatic rings. The normalized spacial score (nSPS) is 19.7. The van der Waals surface area contributed by atoms with Gasteiger partial charge in [-0.1, -0.05) is 0 Å². The van der Waals surface area contributed by atoms with Crippen LogP contribution in [0.1, 0.15) is 6.42 Å². The van der Waals surface area contributed by atoms with Gasteiger partial charge in [0.25, 0.3) is 5.69 Å². The van der Waals surface area contributed by atoms with E-state index in [2.05, 4.69) is 27.9 Å². The van der Waals surface area contributed by atoms with Crippen molar-refractivity contribution in [2.24, 2.45) is 0 Å². The molecule has 4 nitrogen and oxygen atoms in total. The zero-order valence-corrected chi connectivity index (χ0v) is 11.5. The largest absolute Gasteiger partial charge is 0.376 e. The minimum Gasteiger partial charge on any atom is -0.376 e. The lowest BCUT2D eigenvalue weighted by Gasteiger charge is -2.12. The first-order valence-corrected chi connectivity index (χ1v) is 7.18. The molecule has 1 saturated heterocycles. The molecule has 1 heterocycles. The molecule has 1 atom stereocenters. The number of halogens is 1. The summed E-state index contributed by atoms with van der Waals surface area (Å²) < 4.78 is 0.885. The van der Waals surface area contributed by atoms with Gasteiger partial charge in [0, 0.05) is 21.4 Å². The molecule has 1 aliphatic rings. The third-order valence-electron chi connectivity index (χ3n) is 2.45. The Balaban J connectivity index is 2.21. The standard InChI is InChI=1S/C10H11IN2O2S/c11-7-1-2-9(10(5-7)13(14)15)12-8-3-4-16-6-8/h1-2,5,8,12H,3-4,6H2. The second-order valence-corrected chi connectivity index (χ2v) is 6.02. The van der Waals surface area contributed by atoms with Crippen LogP contribution in [0.3, 0.4) is 0 Å². The highest BCUT2D eigenvalue weighted by molar-refractivity contribution is 14.1. The van der Waals surface area contributed by atoms with Crippen molar-refractivity contribution in [2.45, 2.75) is 12.5 Å². The quantitative estimate of drug-likeness (QED) is 0.517. The molecule has 0 saturated carbocycles. The number of nitro groups is 1. The summed E-state index contributed by atoms with van der Waals surface area (Å²) in [5.41, 5.74) is 0.807. The first kappa shape index (κ1) is 12.0. The minimum absolute atomic E-state index is 0.170. The molecular weight excluding hydrogens is 339 g/mol. The number of hydrogen-bond donors (Lipinski definition) is 1. The van der Waals surface area contributed by atoms with Gasteiger partial charge in [-0.25, -0.2) is 0 Å². The van der Waals surface area contributed by atoms with Crippen LogP contribution in [-0.4, -0.2) is 22.5 Å². The summed E-state index contributed by atoms with van der Waals surface area (Å²) in [7, 11) is 0. The van der Waals surface area contributed by atoms with Crippen molar-refractivity contribution < 1.29 is 4.92 Å². The molecule has 1 aliphatic heterocycles. The van der Waals surface area contributed by atoms with Crippen molar-refractivity contribution in [1.29, 1.82) is 0 Å². The molecule has 0 spiro atoms. The Morgan fingerprint density at radius 1 is 1.56 bits per heavy atom. The van der Waals surface area contributed by atoms with Crippen LogP contribution < -0.4 is 5.32 Å². The van der Waals surface area contributed by atoms with Gasteiger partial charge in [-0.2, -0.15) is 11.8 Å². The van der Waals surface area contributed by atoms with E-state index < -0.39 is 0 Å². The molecule has 1 aromatic carbocycles. The Bertz CT molecular complexity index is 408. The van der Waals surface area contributed by atoms with Crippen LogP contribution >= 0.6 is 34.4 Å². The number of nitrogens with one attached hydrogen (secondary N) is 1. The van der Waals surface area contributed by atoms with Crippen molar-refractivity contribution in [3.05, 3.63) is 31.9 Å². The smallest absolute Gasteiger partial charge is 0.293 e. The van der Waals surface area contributed by atoms with E-state index >= 15 is 0 Å². The summed E-state index contributed by atoms with van der Waals surface area (Å²) in [5.74, 6) is 2.17. The molecule has 0 aromatic heterocycles. The topological polar surface area (TPSA) is 55.2 Å². The highest BCUT2D eigenvalue weighted by Crippen LogP contribution is 2.29. The molecule has 6 heteroatoms. The highest BCUT2D eigenvalue weighted by Gasteiger charge is 2.20. The minimum atomic E-state index is -0.327. The van der Waals surface area contributed by atoms with Crippen molar-refractivity contribution >= 4 is 45.7 Å². The predicted octanol–water partition coefficient (Wildman–Crippen LogP) is 3.12. The Labute approximate surface area is 111 Å². The number of thioether (sulfide) groups is 1. The number of rotatable bonds is 3. The van der Waals surface area contributed by atoms with Gasteiger partial charge in [-0.3, -0.25) is 10.1 Å². The Morgan fingerprint density at radius 2 is 2.38 bits per heavy atom. The lowest BCUT2D eigenvalue weighted by atomic mass is 10.2. The second-order valence-electron chi connectivity index (χ2n) is 3.62. The molecule has 0 bridgehead atoms. The first-order chi connectivity index (χ1) is 7.66. The van der Waals surface area contributed by atoms with E-state index in [0.29, 0.717) is 11.7 Å². The fourth-order valence-corrected chi connectivity index (χ4v) is 3.27. The molecule has 86 valence electrons. The van der Waals surface area contributed by atoms with Gasteiger partial charge in [0.1, 0.15) is 5.69 Å². The van der Waals surface area contributed by atoms with E-state index in [1.165, 1.54) is 0 Å². The molecule has 0 aliphatic carbocycles. The summed E-state index contributed by atoms with van der Waals surface area (Å²) in [4.78, 5) is 10.6. The van der Waals surface area contributed by atoms with Gasteiger partial charge >= 0.3 is 0 Å². The molecule has 1 N–H and O–H groups in total. The van der Waals surface area contributed by atoms with Crippen LogP contribution in [0, 0.1) is 13.7 Å². The summed E-state index contributed by atoms with van der Waals surface area (Å²) in [6, 6.07) is 5.65. The number of benzene rings is 1. The Hall–Kier alpha value is -0.500. The predicted molar refractivity (Wildman–Crippen MR) is 75.2 cm³/mol. The maximum absolute atomic E-state index is 10.9. The highest BCUT2D eigenvalue weighted by atomic mass is 127. The van der Waals surface area contributed by atoms with E-state index in [1.807, 2.05) is 17.8 Å². The number of anilines is 1. The molecule has 1 unspecified atom stereocenters. The molecule has 2 rings (SSSR count). The van der Waals surface area contributed by atoms with E-state index in [9.17, 15) is 10.1 Å². The third-order valence-corrected chi connectivity index (χ3v) is 4.28. The van der Waals surface area contributed by atoms with E-state index in [1.54, 1.807) is 12.1 Å². The third kappa shape index (κ3) is 2.79. The molecule has 0 radical (unpaired) electrons. The van der Waals surface area contributed by atoms with Crippen LogP contribution in [0.2, 0.25) is 0 Å². The monoisotopic (exact) mass is 350 g/mol. The van der Waals surface area contributed by atoms with Crippen LogP contribution in [0.4, 0.5) is 11.4 Å². The lowest BCUT2D eigenvalue weighted by Crippen LogP contribution is -2.18. The van der Waals surface area contributed by atoms with Crippen LogP contribution in [0.15, 0.2) is 18.2 Å². The summed E-state index contributed by atoms with van der Waals surface area (Å²) in [6.07, 6.45) is 1.08. The average molecular weight is 350 g/mol. The maximum atomic E-state index is 10.9. The van der Waals surface area contributed by atoms with E-state index in [-0.39, 0.29) is 10.6 Å². The zero-order valence-electron chi connectivity index (χ0n) is 8.48. The number of nitrogens with zero attached hydrogens (tertiary/aromatic N) is 1. The van der Waals surface area contributed by atoms with Crippen LogP contribution in [-0.2, 0) is 0 Å². The SMILES string of the molecule is O=[N+]([O-])c1cc(I)ccc1NC1CCSC1. The van der Waals surface area contributed by atoms with E-state index in [0.717, 1.165) is 21.5 Å². The van der Waals surface area contributed by atoms with Crippen molar-refractivity contribution in [1.82, 2.24) is 0 Å². The van der Waals surface area contributed by atoms with Gasteiger partial charge in [0.05, 0.1) is 4.92 Å². The van der Waals surface area contributed by atoms with Gasteiger partial charge in [0.2, 0.25) is 0 Å². The Kier molecular flexibility index (Phi) is 3.91. The van der Waals surface area contributed by atoms with Gasteiger partial charge in [-0.15, -0.1) is 0 Å². The fraction of sp³-hybridized carbons (Fsp3) is 0.400. The summed E-state index contributed by atoms with van der Waals surface area (Å²) in [5, 5.41) is 14.2. The van der Waals surface area contributed by atoms with Crippen molar-refractivity contribution in [2.75, 3.05) is 16.8 Å². The zero-order chi connectivity index (χ0) is 11.5. The van der Waals surface area contributed by atoms with Crippen LogP contribution in [0.25, 0.3) is 0 Å². The van der Waals surface area contributed by atoms with E-state index in [4.69, 9.17) is 0 Å². The van der Waals surface area contributed by atoms with Gasteiger partial charge in [-0.05, 0) is 46.9 Å². The van der Waals surface area contributed by atoms with Crippen LogP contribution in [0.5, 0.6) is 0 Å². The average Bonchev–Trinajstić information content (AvgIpc) is 2.73. The first-order valence-electron chi connectivity index (χ1n) is 4.95. The second kappa shape index (κ2) is 5.22. The molecular formula is C10H11IN2O2S. The number of hydrogen-bond acceptors (Lipinski definition) is 4. The number of nitro benzene ring substituents is 1. The maximum Gasteiger partial charge on any atom is 0.293 e. The van der Waals surface area contributed by atoms with Crippen molar-refractivity contribution in [3.8, 4) is 0 Å². The van der Waals surface area contributed by atoms with Crippen molar-refractivity contribution in [3.63, 3.8) is 0 Å². The molecule has 16 heavy (non-hydrogen) atoms. The van der Waals surface area contributed by atoms with Gasteiger partial charge in [0.15, 0.2) is 0 Å². The lowest BCUT2D eigenvalue weighted by molar-refractivity contribution is -0.384. The summed E-state index contributed by atoms with van der Waals surface area (Å²) in [6.45, 7) is 0. The van der Waals surface area contributed by atoms with Gasteiger partial charge < -0.3 is 5.32 Å². The summed E-state index contributed by atoms with van der Waals surface area (Å²) >= 11 is 3.97.